The van der Waals surface area contributed by atoms with E-state index in [4.69, 9.17) is 4.74 Å². The van der Waals surface area contributed by atoms with Crippen LogP contribution in [0.2, 0.25) is 0 Å². The highest BCUT2D eigenvalue weighted by Crippen LogP contribution is 2.43. The van der Waals surface area contributed by atoms with Crippen LogP contribution in [0.1, 0.15) is 37.4 Å². The van der Waals surface area contributed by atoms with Gasteiger partial charge < -0.3 is 9.84 Å². The normalized spacial score (nSPS) is 15.2. The quantitative estimate of drug-likeness (QED) is 0.321. The molecule has 0 saturated heterocycles. The van der Waals surface area contributed by atoms with Gasteiger partial charge in [0.2, 0.25) is 0 Å². The first-order valence-corrected chi connectivity index (χ1v) is 10.5. The number of hydrogen-bond acceptors (Lipinski definition) is 4. The molecule has 2 aromatic carbocycles. The Morgan fingerprint density at radius 2 is 1.79 bits per heavy atom. The summed E-state index contributed by atoms with van der Waals surface area (Å²) in [5, 5.41) is 11.4. The van der Waals surface area contributed by atoms with E-state index in [2.05, 4.69) is 9.98 Å². The number of methoxy groups -OCH3 is 1. The molecule has 2 atom stereocenters. The van der Waals surface area contributed by atoms with Gasteiger partial charge in [-0.25, -0.2) is 4.39 Å². The average molecular weight is 462 g/mol. The zero-order chi connectivity index (χ0) is 24.4. The van der Waals surface area contributed by atoms with E-state index in [0.29, 0.717) is 17.1 Å². The molecule has 0 aliphatic heterocycles. The van der Waals surface area contributed by atoms with Crippen LogP contribution in [0, 0.1) is 18.7 Å². The van der Waals surface area contributed by atoms with Crippen molar-refractivity contribution in [3.8, 4) is 5.75 Å². The predicted octanol–water partition coefficient (Wildman–Crippen LogP) is 6.52. The third-order valence-electron chi connectivity index (χ3n) is 5.69. The minimum atomic E-state index is -5.01. The summed E-state index contributed by atoms with van der Waals surface area (Å²) in [6.07, 6.45) is -5.23. The first-order valence-electron chi connectivity index (χ1n) is 10.5. The first kappa shape index (κ1) is 24.6. The zero-order valence-electron chi connectivity index (χ0n) is 18.8. The number of nitrogens with zero attached hydrogens (tertiary/aromatic N) is 2. The number of aliphatic imine (C=N–C) groups is 1. The van der Waals surface area contributed by atoms with Gasteiger partial charge in [-0.1, -0.05) is 32.0 Å². The van der Waals surface area contributed by atoms with Gasteiger partial charge in [0.25, 0.3) is 0 Å². The predicted molar refractivity (Wildman–Crippen MR) is 121 cm³/mol. The largest absolute Gasteiger partial charge is 0.493 e. The average Bonchev–Trinajstić information content (AvgIpc) is 2.74. The second kappa shape index (κ2) is 9.47. The summed E-state index contributed by atoms with van der Waals surface area (Å²) in [7, 11) is 1.26. The number of aromatic nitrogens is 1. The molecule has 1 aromatic heterocycles. The summed E-state index contributed by atoms with van der Waals surface area (Å²) in [5.74, 6) is -2.02. The topological polar surface area (TPSA) is 54.7 Å². The highest BCUT2D eigenvalue weighted by Gasteiger charge is 2.54. The summed E-state index contributed by atoms with van der Waals surface area (Å²) in [4.78, 5) is 8.39. The Bertz CT molecular complexity index is 1160. The van der Waals surface area contributed by atoms with Gasteiger partial charge in [0.1, 0.15) is 0 Å². The molecule has 0 aliphatic rings. The lowest BCUT2D eigenvalue weighted by atomic mass is 9.79. The van der Waals surface area contributed by atoms with Crippen LogP contribution in [0.3, 0.4) is 0 Å². The number of benzene rings is 2. The number of para-hydroxylation sites is 1. The minimum absolute atomic E-state index is 0.131. The Kier molecular flexibility index (Phi) is 7.07. The molecule has 0 amide bonds. The number of rotatable bonds is 7. The Morgan fingerprint density at radius 3 is 2.42 bits per heavy atom. The molecule has 0 bridgehead atoms. The highest BCUT2D eigenvalue weighted by atomic mass is 19.4. The lowest BCUT2D eigenvalue weighted by molar-refractivity contribution is -0.232. The number of fused-ring (bicyclic) bond motifs is 1. The maximum Gasteiger partial charge on any atom is 0.422 e. The van der Waals surface area contributed by atoms with Gasteiger partial charge in [-0.3, -0.25) is 9.98 Å². The lowest BCUT2D eigenvalue weighted by Gasteiger charge is -2.33. The van der Waals surface area contributed by atoms with Crippen LogP contribution in [0.15, 0.2) is 53.5 Å². The van der Waals surface area contributed by atoms with Gasteiger partial charge in [0.15, 0.2) is 17.2 Å². The fraction of sp³-hybridized carbons (Fsp3) is 0.360. The summed E-state index contributed by atoms with van der Waals surface area (Å²) >= 11 is 0. The van der Waals surface area contributed by atoms with Gasteiger partial charge in [-0.2, -0.15) is 13.2 Å². The SMILES string of the molecule is COc1c(F)cccc1C(CC(O)(C=Nc1cccc2nc(C)ccc12)C(F)(F)F)C(C)C. The molecule has 0 spiro atoms. The molecule has 176 valence electrons. The van der Waals surface area contributed by atoms with Crippen LogP contribution in [0.25, 0.3) is 10.9 Å². The molecule has 3 rings (SSSR count). The van der Waals surface area contributed by atoms with Gasteiger partial charge in [-0.15, -0.1) is 0 Å². The molecular weight excluding hydrogens is 436 g/mol. The highest BCUT2D eigenvalue weighted by molar-refractivity contribution is 5.92. The Balaban J connectivity index is 2.05. The van der Waals surface area contributed by atoms with Crippen molar-refractivity contribution in [1.29, 1.82) is 0 Å². The smallest absolute Gasteiger partial charge is 0.422 e. The molecule has 4 nitrogen and oxygen atoms in total. The summed E-state index contributed by atoms with van der Waals surface area (Å²) < 4.78 is 61.7. The van der Waals surface area contributed by atoms with E-state index in [1.807, 2.05) is 6.92 Å². The number of pyridine rings is 1. The molecule has 0 aliphatic carbocycles. The van der Waals surface area contributed by atoms with E-state index < -0.39 is 29.9 Å². The second-order valence-electron chi connectivity index (χ2n) is 8.39. The Hall–Kier alpha value is -3.00. The number of aryl methyl sites for hydroxylation is 1. The van der Waals surface area contributed by atoms with Gasteiger partial charge in [-0.05, 0) is 55.5 Å². The summed E-state index contributed by atoms with van der Waals surface area (Å²) in [6.45, 7) is 5.23. The number of aliphatic hydroxyl groups is 1. The lowest BCUT2D eigenvalue weighted by Crippen LogP contribution is -2.48. The van der Waals surface area contributed by atoms with E-state index in [9.17, 15) is 22.7 Å². The molecular formula is C25H26F4N2O2. The van der Waals surface area contributed by atoms with Crippen molar-refractivity contribution in [2.24, 2.45) is 10.9 Å². The number of hydrogen-bond donors (Lipinski definition) is 1. The van der Waals surface area contributed by atoms with Gasteiger partial charge >= 0.3 is 6.18 Å². The van der Waals surface area contributed by atoms with Crippen LogP contribution >= 0.6 is 0 Å². The van der Waals surface area contributed by atoms with E-state index in [0.717, 1.165) is 5.69 Å². The van der Waals surface area contributed by atoms with E-state index in [1.54, 1.807) is 44.2 Å². The van der Waals surface area contributed by atoms with E-state index in [-0.39, 0.29) is 22.9 Å². The fourth-order valence-electron chi connectivity index (χ4n) is 3.84. The van der Waals surface area contributed by atoms with Crippen LogP contribution in [-0.4, -0.2) is 35.2 Å². The molecule has 8 heteroatoms. The van der Waals surface area contributed by atoms with Crippen molar-refractivity contribution in [2.45, 2.75) is 44.9 Å². The zero-order valence-corrected chi connectivity index (χ0v) is 18.8. The second-order valence-corrected chi connectivity index (χ2v) is 8.39. The van der Waals surface area contributed by atoms with Crippen molar-refractivity contribution < 1.29 is 27.4 Å². The number of ether oxygens (including phenoxy) is 1. The monoisotopic (exact) mass is 462 g/mol. The molecule has 2 unspecified atom stereocenters. The van der Waals surface area contributed by atoms with Crippen LogP contribution in [0.5, 0.6) is 5.75 Å². The molecule has 0 fully saturated rings. The molecule has 3 aromatic rings. The van der Waals surface area contributed by atoms with Crippen molar-refractivity contribution >= 4 is 22.8 Å². The fourth-order valence-corrected chi connectivity index (χ4v) is 3.84. The van der Waals surface area contributed by atoms with Crippen molar-refractivity contribution in [3.05, 3.63) is 65.6 Å². The van der Waals surface area contributed by atoms with Crippen LogP contribution in [0.4, 0.5) is 23.2 Å². The maximum absolute atomic E-state index is 14.2. The minimum Gasteiger partial charge on any atom is -0.493 e. The molecule has 1 heterocycles. The molecule has 33 heavy (non-hydrogen) atoms. The number of halogens is 4. The first-order chi connectivity index (χ1) is 15.5. The van der Waals surface area contributed by atoms with Crippen molar-refractivity contribution in [1.82, 2.24) is 4.98 Å². The maximum atomic E-state index is 14.2. The Labute approximate surface area is 190 Å². The van der Waals surface area contributed by atoms with Crippen LogP contribution in [-0.2, 0) is 0 Å². The van der Waals surface area contributed by atoms with Gasteiger partial charge in [0.05, 0.1) is 18.3 Å². The van der Waals surface area contributed by atoms with Crippen LogP contribution < -0.4 is 4.74 Å². The standard InChI is InChI=1S/C25H26F4N2O2/c1-15(2)19(17-7-5-8-20(26)23(17)33-4)13-24(32,25(27,28)29)14-30-21-9-6-10-22-18(21)12-11-16(3)31-22/h5-12,14-15,19,32H,13H2,1-4H3. The number of alkyl halides is 3. The molecule has 0 saturated carbocycles. The van der Waals surface area contributed by atoms with Gasteiger partial charge in [0, 0.05) is 22.9 Å². The van der Waals surface area contributed by atoms with E-state index in [1.165, 1.54) is 25.3 Å². The van der Waals surface area contributed by atoms with Crippen molar-refractivity contribution in [2.75, 3.05) is 7.11 Å². The van der Waals surface area contributed by atoms with Crippen molar-refractivity contribution in [3.63, 3.8) is 0 Å². The Morgan fingerprint density at radius 1 is 1.09 bits per heavy atom. The summed E-state index contributed by atoms with van der Waals surface area (Å²) in [5.41, 5.74) is -1.39. The molecule has 0 radical (unpaired) electrons. The third-order valence-corrected chi connectivity index (χ3v) is 5.69. The molecule has 1 N–H and O–H groups in total. The third kappa shape index (κ3) is 5.16. The summed E-state index contributed by atoms with van der Waals surface area (Å²) in [6, 6.07) is 12.5. The van der Waals surface area contributed by atoms with E-state index >= 15 is 0 Å².